The molecule has 158 valence electrons. The molecule has 3 unspecified atom stereocenters. The molecule has 0 bridgehead atoms. The van der Waals surface area contributed by atoms with Crippen molar-refractivity contribution in [3.63, 3.8) is 0 Å². The van der Waals surface area contributed by atoms with Gasteiger partial charge < -0.3 is 10.4 Å². The second-order valence-electron chi connectivity index (χ2n) is 6.50. The molecule has 0 aliphatic rings. The highest BCUT2D eigenvalue weighted by Gasteiger charge is 2.32. The number of rotatable bonds is 9. The number of halogens is 3. The molecule has 29 heavy (non-hydrogen) atoms. The average molecular weight is 462 g/mol. The van der Waals surface area contributed by atoms with E-state index in [2.05, 4.69) is 15.0 Å². The molecule has 1 aromatic carbocycles. The molecule has 10 heteroatoms. The van der Waals surface area contributed by atoms with E-state index in [9.17, 15) is 18.5 Å². The van der Waals surface area contributed by atoms with Gasteiger partial charge in [-0.05, 0) is 24.1 Å². The maximum atomic E-state index is 13.3. The number of hydrogen-bond acceptors (Lipinski definition) is 4. The lowest BCUT2D eigenvalue weighted by Crippen LogP contribution is -2.46. The van der Waals surface area contributed by atoms with Crippen LogP contribution in [0.15, 0.2) is 42.6 Å². The fraction of sp³-hybridized carbons (Fsp3) is 0.368. The number of carbonyl (C=O) groups is 1. The van der Waals surface area contributed by atoms with E-state index in [1.165, 1.54) is 6.92 Å². The standard InChI is InChI=1S/C19H22Cl2FN3O3S/c1-19(20,21)18(27)25-16(9-22)17(26)13-5-3-12(4-6-13)14-7-8-15(23-10-14)11-24-29(2)28/h3-8,10,16-17,24,26H,9,11H2,1-2H3,(H,25,27). The molecule has 0 fully saturated rings. The Balaban J connectivity index is 2.08. The molecule has 0 aliphatic carbocycles. The predicted octanol–water partition coefficient (Wildman–Crippen LogP) is 2.81. The summed E-state index contributed by atoms with van der Waals surface area (Å²) >= 11 is 11.4. The summed E-state index contributed by atoms with van der Waals surface area (Å²) in [6.45, 7) is 0.675. The first-order chi connectivity index (χ1) is 13.6. The lowest BCUT2D eigenvalue weighted by atomic mass is 9.99. The highest BCUT2D eigenvalue weighted by Crippen LogP contribution is 2.25. The van der Waals surface area contributed by atoms with E-state index in [4.69, 9.17) is 23.2 Å². The van der Waals surface area contributed by atoms with E-state index in [0.29, 0.717) is 12.1 Å². The normalized spacial score (nSPS) is 14.8. The molecule has 1 aromatic heterocycles. The maximum Gasteiger partial charge on any atom is 0.256 e. The number of pyridine rings is 1. The van der Waals surface area contributed by atoms with E-state index >= 15 is 0 Å². The van der Waals surface area contributed by atoms with Gasteiger partial charge in [0.2, 0.25) is 0 Å². The number of hydrogen-bond donors (Lipinski definition) is 3. The van der Waals surface area contributed by atoms with Crippen molar-refractivity contribution < 1.29 is 18.5 Å². The van der Waals surface area contributed by atoms with Gasteiger partial charge in [0.15, 0.2) is 4.33 Å². The van der Waals surface area contributed by atoms with E-state index in [1.807, 2.05) is 12.1 Å². The number of aliphatic hydroxyl groups excluding tert-OH is 1. The summed E-state index contributed by atoms with van der Waals surface area (Å²) < 4.78 is 25.5. The summed E-state index contributed by atoms with van der Waals surface area (Å²) in [5.41, 5.74) is 2.88. The first-order valence-corrected chi connectivity index (χ1v) is 11.0. The van der Waals surface area contributed by atoms with Gasteiger partial charge >= 0.3 is 0 Å². The second kappa shape index (κ2) is 10.4. The van der Waals surface area contributed by atoms with Crippen LogP contribution in [-0.2, 0) is 22.3 Å². The van der Waals surface area contributed by atoms with Crippen LogP contribution < -0.4 is 10.0 Å². The first-order valence-electron chi connectivity index (χ1n) is 8.67. The van der Waals surface area contributed by atoms with E-state index in [-0.39, 0.29) is 0 Å². The van der Waals surface area contributed by atoms with Gasteiger partial charge in [-0.15, -0.1) is 0 Å². The van der Waals surface area contributed by atoms with Gasteiger partial charge in [0.1, 0.15) is 12.8 Å². The lowest BCUT2D eigenvalue weighted by Gasteiger charge is -2.24. The minimum atomic E-state index is -1.72. The molecule has 0 saturated heterocycles. The van der Waals surface area contributed by atoms with Crippen molar-refractivity contribution in [2.45, 2.75) is 29.9 Å². The van der Waals surface area contributed by atoms with Crippen molar-refractivity contribution in [2.24, 2.45) is 0 Å². The molecule has 2 rings (SSSR count). The Morgan fingerprint density at radius 1 is 1.24 bits per heavy atom. The molecule has 0 aliphatic heterocycles. The van der Waals surface area contributed by atoms with Crippen molar-refractivity contribution in [3.05, 3.63) is 53.9 Å². The van der Waals surface area contributed by atoms with Gasteiger partial charge in [0.25, 0.3) is 5.91 Å². The zero-order valence-corrected chi connectivity index (χ0v) is 18.2. The van der Waals surface area contributed by atoms with Crippen molar-refractivity contribution in [1.82, 2.24) is 15.0 Å². The Hall–Kier alpha value is -1.58. The predicted molar refractivity (Wildman–Crippen MR) is 114 cm³/mol. The third-order valence-corrected chi connectivity index (χ3v) is 5.02. The van der Waals surface area contributed by atoms with Gasteiger partial charge in [-0.1, -0.05) is 53.5 Å². The summed E-state index contributed by atoms with van der Waals surface area (Å²) in [4.78, 5) is 16.2. The van der Waals surface area contributed by atoms with Crippen molar-refractivity contribution in [1.29, 1.82) is 0 Å². The number of benzene rings is 1. The molecular formula is C19H22Cl2FN3O3S. The molecule has 1 heterocycles. The Bertz CT molecular complexity index is 845. The van der Waals surface area contributed by atoms with Crippen LogP contribution in [0.1, 0.15) is 24.3 Å². The van der Waals surface area contributed by atoms with Gasteiger partial charge in [-0.2, -0.15) is 0 Å². The van der Waals surface area contributed by atoms with Crippen LogP contribution in [0.25, 0.3) is 11.1 Å². The van der Waals surface area contributed by atoms with Crippen LogP contribution in [0.4, 0.5) is 4.39 Å². The minimum Gasteiger partial charge on any atom is -0.386 e. The van der Waals surface area contributed by atoms with Gasteiger partial charge in [0.05, 0.1) is 29.3 Å². The number of nitrogens with one attached hydrogen (secondary N) is 2. The minimum absolute atomic E-state index is 0.397. The van der Waals surface area contributed by atoms with Crippen LogP contribution in [0.2, 0.25) is 0 Å². The van der Waals surface area contributed by atoms with Gasteiger partial charge in [0, 0.05) is 18.0 Å². The third kappa shape index (κ3) is 7.01. The number of amides is 1. The fourth-order valence-electron chi connectivity index (χ4n) is 2.48. The quantitative estimate of drug-likeness (QED) is 0.500. The first kappa shape index (κ1) is 23.7. The maximum absolute atomic E-state index is 13.3. The molecule has 0 saturated carbocycles. The summed E-state index contributed by atoms with van der Waals surface area (Å²) in [7, 11) is -1.11. The zero-order chi connectivity index (χ0) is 21.6. The third-order valence-electron chi connectivity index (χ3n) is 4.13. The van der Waals surface area contributed by atoms with Gasteiger partial charge in [-0.25, -0.2) is 13.3 Å². The van der Waals surface area contributed by atoms with Crippen molar-refractivity contribution in [2.75, 3.05) is 12.9 Å². The molecule has 0 radical (unpaired) electrons. The Kier molecular flexibility index (Phi) is 8.54. The van der Waals surface area contributed by atoms with Crippen LogP contribution in [0.3, 0.4) is 0 Å². The second-order valence-corrected chi connectivity index (χ2v) is 9.41. The summed E-state index contributed by atoms with van der Waals surface area (Å²) in [5, 5.41) is 12.7. The number of carbonyl (C=O) groups excluding carboxylic acids is 1. The Labute approximate surface area is 181 Å². The molecule has 6 nitrogen and oxygen atoms in total. The van der Waals surface area contributed by atoms with Crippen molar-refractivity contribution >= 4 is 40.1 Å². The average Bonchev–Trinajstić information content (AvgIpc) is 2.69. The van der Waals surface area contributed by atoms with Crippen molar-refractivity contribution in [3.8, 4) is 11.1 Å². The summed E-state index contributed by atoms with van der Waals surface area (Å²) in [5.74, 6) is -0.785. The highest BCUT2D eigenvalue weighted by atomic mass is 35.5. The van der Waals surface area contributed by atoms with E-state index in [1.54, 1.807) is 36.7 Å². The topological polar surface area (TPSA) is 91.3 Å². The molecular weight excluding hydrogens is 440 g/mol. The molecule has 3 N–H and O–H groups in total. The number of aromatic nitrogens is 1. The monoisotopic (exact) mass is 461 g/mol. The summed E-state index contributed by atoms with van der Waals surface area (Å²) in [6, 6.07) is 9.33. The zero-order valence-electron chi connectivity index (χ0n) is 15.9. The Morgan fingerprint density at radius 3 is 2.34 bits per heavy atom. The van der Waals surface area contributed by atoms with Crippen LogP contribution in [0, 0.1) is 0 Å². The molecule has 0 spiro atoms. The molecule has 3 atom stereocenters. The fourth-order valence-corrected chi connectivity index (χ4v) is 2.94. The number of aliphatic hydroxyl groups is 1. The Morgan fingerprint density at radius 2 is 1.86 bits per heavy atom. The van der Waals surface area contributed by atoms with Gasteiger partial charge in [-0.3, -0.25) is 9.78 Å². The van der Waals surface area contributed by atoms with Crippen LogP contribution >= 0.6 is 23.2 Å². The largest absolute Gasteiger partial charge is 0.386 e. The highest BCUT2D eigenvalue weighted by molar-refractivity contribution is 7.82. The van der Waals surface area contributed by atoms with Crippen LogP contribution in [0.5, 0.6) is 0 Å². The lowest BCUT2D eigenvalue weighted by molar-refractivity contribution is -0.123. The molecule has 2 aromatic rings. The summed E-state index contributed by atoms with van der Waals surface area (Å²) in [6.07, 6.45) is 1.97. The van der Waals surface area contributed by atoms with E-state index < -0.39 is 40.0 Å². The van der Waals surface area contributed by atoms with E-state index in [0.717, 1.165) is 16.8 Å². The molecule has 1 amide bonds. The SMILES string of the molecule is CS(=O)NCc1ccc(-c2ccc(C(O)C(CF)NC(=O)C(C)(Cl)Cl)cc2)cn1. The number of alkyl halides is 3. The van der Waals surface area contributed by atoms with Crippen LogP contribution in [-0.4, -0.2) is 43.5 Å². The smallest absolute Gasteiger partial charge is 0.256 e. The number of nitrogens with zero attached hydrogens (tertiary/aromatic N) is 1.